The molecule has 2 aliphatic rings. The van der Waals surface area contributed by atoms with E-state index in [1.54, 1.807) is 0 Å². The van der Waals surface area contributed by atoms with E-state index in [2.05, 4.69) is 38.1 Å². The number of hydrogen-bond donors (Lipinski definition) is 1. The first-order valence-corrected chi connectivity index (χ1v) is 8.38. The Labute approximate surface area is 123 Å². The van der Waals surface area contributed by atoms with Crippen molar-refractivity contribution in [1.82, 2.24) is 0 Å². The molecule has 0 amide bonds. The zero-order valence-electron chi connectivity index (χ0n) is 12.9. The summed E-state index contributed by atoms with van der Waals surface area (Å²) in [7, 11) is 0. The highest BCUT2D eigenvalue weighted by Gasteiger charge is 2.41. The van der Waals surface area contributed by atoms with Crippen molar-refractivity contribution < 1.29 is 5.11 Å². The summed E-state index contributed by atoms with van der Waals surface area (Å²) in [6.45, 7) is 4.51. The van der Waals surface area contributed by atoms with Crippen LogP contribution in [-0.4, -0.2) is 5.11 Å². The molecule has 1 aromatic carbocycles. The molecule has 0 spiro atoms. The molecule has 3 rings (SSSR count). The second-order valence-corrected chi connectivity index (χ2v) is 7.52. The fourth-order valence-electron chi connectivity index (χ4n) is 3.99. The largest absolute Gasteiger partial charge is 0.385 e. The van der Waals surface area contributed by atoms with Crippen LogP contribution in [0.15, 0.2) is 24.3 Å². The standard InChI is InChI=1S/C19H28O/c1-14(2)11-15-5-3-7-18(12-15)19(20)10-4-6-17(13-19)16-8-9-16/h3,5,7,12,14,16-17,20H,4,6,8-11,13H2,1-2H3. The molecule has 1 heteroatoms. The van der Waals surface area contributed by atoms with Crippen LogP contribution >= 0.6 is 0 Å². The molecule has 0 radical (unpaired) electrons. The Morgan fingerprint density at radius 2 is 2.00 bits per heavy atom. The minimum atomic E-state index is -0.557. The summed E-state index contributed by atoms with van der Waals surface area (Å²) in [5, 5.41) is 11.1. The predicted octanol–water partition coefficient (Wildman–Crippen LogP) is 4.67. The van der Waals surface area contributed by atoms with Crippen LogP contribution in [0.3, 0.4) is 0 Å². The van der Waals surface area contributed by atoms with Gasteiger partial charge in [0.05, 0.1) is 5.60 Å². The second kappa shape index (κ2) is 5.52. The van der Waals surface area contributed by atoms with Gasteiger partial charge >= 0.3 is 0 Å². The van der Waals surface area contributed by atoms with Gasteiger partial charge in [0.15, 0.2) is 0 Å². The lowest BCUT2D eigenvalue weighted by Gasteiger charge is -2.37. The molecule has 110 valence electrons. The first kappa shape index (κ1) is 14.1. The third kappa shape index (κ3) is 3.09. The van der Waals surface area contributed by atoms with Crippen molar-refractivity contribution in [3.63, 3.8) is 0 Å². The van der Waals surface area contributed by atoms with E-state index in [4.69, 9.17) is 0 Å². The number of benzene rings is 1. The fourth-order valence-corrected chi connectivity index (χ4v) is 3.99. The van der Waals surface area contributed by atoms with E-state index in [1.807, 2.05) is 0 Å². The average molecular weight is 272 g/mol. The Bertz CT molecular complexity index is 461. The van der Waals surface area contributed by atoms with Gasteiger partial charge in [0.2, 0.25) is 0 Å². The van der Waals surface area contributed by atoms with Gasteiger partial charge in [0.1, 0.15) is 0 Å². The lowest BCUT2D eigenvalue weighted by atomic mass is 9.72. The van der Waals surface area contributed by atoms with Gasteiger partial charge in [-0.2, -0.15) is 0 Å². The molecular weight excluding hydrogens is 244 g/mol. The third-order valence-electron chi connectivity index (χ3n) is 5.16. The highest BCUT2D eigenvalue weighted by molar-refractivity contribution is 5.29. The molecule has 0 saturated heterocycles. The highest BCUT2D eigenvalue weighted by Crippen LogP contribution is 2.49. The first-order chi connectivity index (χ1) is 9.57. The van der Waals surface area contributed by atoms with E-state index in [0.29, 0.717) is 5.92 Å². The number of hydrogen-bond acceptors (Lipinski definition) is 1. The Morgan fingerprint density at radius 3 is 2.70 bits per heavy atom. The fraction of sp³-hybridized carbons (Fsp3) is 0.684. The Balaban J connectivity index is 1.79. The Kier molecular flexibility index (Phi) is 3.90. The van der Waals surface area contributed by atoms with Crippen molar-refractivity contribution >= 4 is 0 Å². The Morgan fingerprint density at radius 1 is 1.20 bits per heavy atom. The van der Waals surface area contributed by atoms with Crippen LogP contribution in [0.1, 0.15) is 63.5 Å². The van der Waals surface area contributed by atoms with Crippen LogP contribution in [0.4, 0.5) is 0 Å². The van der Waals surface area contributed by atoms with Crippen molar-refractivity contribution in [2.45, 2.75) is 64.4 Å². The van der Waals surface area contributed by atoms with Gasteiger partial charge < -0.3 is 5.11 Å². The minimum absolute atomic E-state index is 0.557. The maximum Gasteiger partial charge on any atom is 0.0899 e. The molecule has 2 atom stereocenters. The van der Waals surface area contributed by atoms with Gasteiger partial charge in [0, 0.05) is 0 Å². The van der Waals surface area contributed by atoms with E-state index in [-0.39, 0.29) is 0 Å². The number of rotatable bonds is 4. The minimum Gasteiger partial charge on any atom is -0.385 e. The summed E-state index contributed by atoms with van der Waals surface area (Å²) in [6.07, 6.45) is 8.35. The maximum atomic E-state index is 11.1. The van der Waals surface area contributed by atoms with Crippen molar-refractivity contribution in [1.29, 1.82) is 0 Å². The highest BCUT2D eigenvalue weighted by atomic mass is 16.3. The normalized spacial score (nSPS) is 30.7. The lowest BCUT2D eigenvalue weighted by Crippen LogP contribution is -2.33. The van der Waals surface area contributed by atoms with E-state index < -0.39 is 5.60 Å². The summed E-state index contributed by atoms with van der Waals surface area (Å²) in [5.41, 5.74) is 1.99. The number of aliphatic hydroxyl groups is 1. The topological polar surface area (TPSA) is 20.2 Å². The second-order valence-electron chi connectivity index (χ2n) is 7.52. The molecule has 0 heterocycles. The molecule has 1 aromatic rings. The monoisotopic (exact) mass is 272 g/mol. The molecule has 1 nitrogen and oxygen atoms in total. The zero-order valence-corrected chi connectivity index (χ0v) is 12.9. The molecule has 0 aliphatic heterocycles. The summed E-state index contributed by atoms with van der Waals surface area (Å²) < 4.78 is 0. The summed E-state index contributed by atoms with van der Waals surface area (Å²) in [6, 6.07) is 8.73. The molecule has 0 bridgehead atoms. The lowest BCUT2D eigenvalue weighted by molar-refractivity contribution is -0.0251. The van der Waals surface area contributed by atoms with Crippen LogP contribution in [0.5, 0.6) is 0 Å². The van der Waals surface area contributed by atoms with E-state index >= 15 is 0 Å². The van der Waals surface area contributed by atoms with Gasteiger partial charge in [-0.15, -0.1) is 0 Å². The summed E-state index contributed by atoms with van der Waals surface area (Å²) in [5.74, 6) is 2.36. The third-order valence-corrected chi connectivity index (χ3v) is 5.16. The predicted molar refractivity (Wildman–Crippen MR) is 83.6 cm³/mol. The van der Waals surface area contributed by atoms with E-state index in [9.17, 15) is 5.11 Å². The van der Waals surface area contributed by atoms with Crippen LogP contribution in [-0.2, 0) is 12.0 Å². The van der Waals surface area contributed by atoms with Crippen LogP contribution < -0.4 is 0 Å². The van der Waals surface area contributed by atoms with Crippen molar-refractivity contribution in [2.24, 2.45) is 17.8 Å². The maximum absolute atomic E-state index is 11.1. The van der Waals surface area contributed by atoms with Crippen LogP contribution in [0, 0.1) is 17.8 Å². The van der Waals surface area contributed by atoms with Gasteiger partial charge in [-0.05, 0) is 73.8 Å². The SMILES string of the molecule is CC(C)Cc1cccc(C2(O)CCCC(C3CC3)C2)c1. The van der Waals surface area contributed by atoms with Gasteiger partial charge in [-0.25, -0.2) is 0 Å². The molecule has 0 aromatic heterocycles. The van der Waals surface area contributed by atoms with Gasteiger partial charge in [-0.3, -0.25) is 0 Å². The first-order valence-electron chi connectivity index (χ1n) is 8.38. The molecule has 2 unspecified atom stereocenters. The molecule has 20 heavy (non-hydrogen) atoms. The zero-order chi connectivity index (χ0) is 14.2. The molecule has 1 N–H and O–H groups in total. The molecular formula is C19H28O. The van der Waals surface area contributed by atoms with Crippen LogP contribution in [0.25, 0.3) is 0 Å². The smallest absolute Gasteiger partial charge is 0.0899 e. The Hall–Kier alpha value is -0.820. The van der Waals surface area contributed by atoms with Crippen LogP contribution in [0.2, 0.25) is 0 Å². The average Bonchev–Trinajstić information content (AvgIpc) is 3.22. The molecule has 2 aliphatic carbocycles. The molecule has 2 saturated carbocycles. The van der Waals surface area contributed by atoms with E-state index in [0.717, 1.165) is 31.1 Å². The summed E-state index contributed by atoms with van der Waals surface area (Å²) in [4.78, 5) is 0. The molecule has 2 fully saturated rings. The summed E-state index contributed by atoms with van der Waals surface area (Å²) >= 11 is 0. The van der Waals surface area contributed by atoms with E-state index in [1.165, 1.54) is 36.8 Å². The quantitative estimate of drug-likeness (QED) is 0.844. The van der Waals surface area contributed by atoms with Crippen molar-refractivity contribution in [2.75, 3.05) is 0 Å². The van der Waals surface area contributed by atoms with Crippen molar-refractivity contribution in [3.8, 4) is 0 Å². The van der Waals surface area contributed by atoms with Gasteiger partial charge in [-0.1, -0.05) is 38.1 Å². The van der Waals surface area contributed by atoms with Gasteiger partial charge in [0.25, 0.3) is 0 Å². The van der Waals surface area contributed by atoms with Crippen molar-refractivity contribution in [3.05, 3.63) is 35.4 Å².